The van der Waals surface area contributed by atoms with Crippen molar-refractivity contribution < 1.29 is 9.47 Å². The normalized spacial score (nSPS) is 23.7. The number of benzene rings is 3. The highest BCUT2D eigenvalue weighted by Gasteiger charge is 2.43. The zero-order chi connectivity index (χ0) is 24.5. The number of aryl methyl sites for hydroxylation is 1. The van der Waals surface area contributed by atoms with Gasteiger partial charge < -0.3 is 9.47 Å². The molecule has 0 aliphatic heterocycles. The molecule has 0 saturated heterocycles. The Balaban J connectivity index is 1.61. The lowest BCUT2D eigenvalue weighted by atomic mass is 9.64. The molecule has 0 fully saturated rings. The summed E-state index contributed by atoms with van der Waals surface area (Å²) in [6.07, 6.45) is 11.1. The van der Waals surface area contributed by atoms with Crippen molar-refractivity contribution in [2.45, 2.75) is 75.7 Å². The Morgan fingerprint density at radius 1 is 0.750 bits per heavy atom. The van der Waals surface area contributed by atoms with E-state index in [2.05, 4.69) is 66.7 Å². The van der Waals surface area contributed by atoms with E-state index < -0.39 is 0 Å². The number of allylic oxidation sites excluding steroid dienone is 1. The fraction of sp³-hybridized carbons (Fsp3) is 0.412. The molecule has 6 rings (SSSR count). The van der Waals surface area contributed by atoms with Gasteiger partial charge in [0.1, 0.15) is 5.75 Å². The third-order valence-electron chi connectivity index (χ3n) is 8.94. The maximum Gasteiger partial charge on any atom is 0.130 e. The van der Waals surface area contributed by atoms with Crippen LogP contribution in [0.4, 0.5) is 0 Å². The zero-order valence-corrected chi connectivity index (χ0v) is 21.8. The molecule has 3 atom stereocenters. The van der Waals surface area contributed by atoms with Crippen LogP contribution in [0.5, 0.6) is 5.75 Å². The minimum atomic E-state index is 0.107. The lowest BCUT2D eigenvalue weighted by Gasteiger charge is -2.44. The van der Waals surface area contributed by atoms with Gasteiger partial charge in [-0.2, -0.15) is 0 Å². The Morgan fingerprint density at radius 2 is 1.44 bits per heavy atom. The van der Waals surface area contributed by atoms with Crippen LogP contribution in [-0.2, 0) is 17.6 Å². The van der Waals surface area contributed by atoms with E-state index in [4.69, 9.17) is 9.47 Å². The second-order valence-electron chi connectivity index (χ2n) is 10.8. The van der Waals surface area contributed by atoms with Gasteiger partial charge in [0, 0.05) is 30.1 Å². The number of ether oxygens (including phenoxy) is 2. The van der Waals surface area contributed by atoms with Gasteiger partial charge in [0.25, 0.3) is 0 Å². The van der Waals surface area contributed by atoms with Crippen molar-refractivity contribution >= 4 is 0 Å². The predicted molar refractivity (Wildman–Crippen MR) is 148 cm³/mol. The fourth-order valence-electron chi connectivity index (χ4n) is 7.36. The maximum absolute atomic E-state index is 6.52. The Labute approximate surface area is 216 Å². The van der Waals surface area contributed by atoms with Crippen LogP contribution in [0.2, 0.25) is 0 Å². The van der Waals surface area contributed by atoms with E-state index in [1.807, 2.05) is 14.2 Å². The Morgan fingerprint density at radius 3 is 2.19 bits per heavy atom. The van der Waals surface area contributed by atoms with Crippen molar-refractivity contribution in [1.29, 1.82) is 0 Å². The summed E-state index contributed by atoms with van der Waals surface area (Å²) < 4.78 is 12.9. The van der Waals surface area contributed by atoms with Gasteiger partial charge >= 0.3 is 0 Å². The Hall–Kier alpha value is -2.84. The van der Waals surface area contributed by atoms with Gasteiger partial charge in [-0.15, -0.1) is 0 Å². The minimum Gasteiger partial charge on any atom is -0.496 e. The van der Waals surface area contributed by atoms with Gasteiger partial charge in [-0.3, -0.25) is 0 Å². The smallest absolute Gasteiger partial charge is 0.130 e. The molecular weight excluding hydrogens is 440 g/mol. The van der Waals surface area contributed by atoms with Crippen molar-refractivity contribution in [3.8, 4) is 16.9 Å². The van der Waals surface area contributed by atoms with Gasteiger partial charge in [-0.1, -0.05) is 71.8 Å². The number of rotatable bonds is 5. The number of methoxy groups -OCH3 is 2. The largest absolute Gasteiger partial charge is 0.496 e. The molecule has 0 radical (unpaired) electrons. The third-order valence-corrected chi connectivity index (χ3v) is 8.94. The summed E-state index contributed by atoms with van der Waals surface area (Å²) in [4.78, 5) is 0. The molecule has 2 nitrogen and oxygen atoms in total. The highest BCUT2D eigenvalue weighted by Crippen LogP contribution is 2.55. The van der Waals surface area contributed by atoms with Crippen LogP contribution >= 0.6 is 0 Å². The number of hydrogen-bond acceptors (Lipinski definition) is 2. The van der Waals surface area contributed by atoms with E-state index in [1.54, 1.807) is 11.1 Å². The highest BCUT2D eigenvalue weighted by atomic mass is 16.5. The summed E-state index contributed by atoms with van der Waals surface area (Å²) in [7, 11) is 3.80. The second kappa shape index (κ2) is 10.3. The van der Waals surface area contributed by atoms with Gasteiger partial charge in [0.15, 0.2) is 0 Å². The summed E-state index contributed by atoms with van der Waals surface area (Å²) >= 11 is 0. The lowest BCUT2D eigenvalue weighted by Crippen LogP contribution is -2.36. The standard InChI is InChI=1S/C34H38O2/c1-35-33-29(23-13-5-3-6-14-23)21-25-17-9-11-19-27(25)31(33)32-28-20-12-10-18-26(28)22-30(34(32)36-2)24-15-7-4-8-16-24/h3-8,13-16,21,30,32,34H,9-12,17-20,22H2,1-2H3/t30?,32?,34-/m1/s1. The first-order valence-electron chi connectivity index (χ1n) is 13.9. The summed E-state index contributed by atoms with van der Waals surface area (Å²) in [5.74, 6) is 1.68. The molecule has 36 heavy (non-hydrogen) atoms. The van der Waals surface area contributed by atoms with Crippen molar-refractivity contribution in [1.82, 2.24) is 0 Å². The average molecular weight is 479 g/mol. The van der Waals surface area contributed by atoms with Crippen LogP contribution in [0.1, 0.15) is 79.0 Å². The van der Waals surface area contributed by atoms with Crippen LogP contribution in [0, 0.1) is 0 Å². The molecule has 0 aromatic heterocycles. The molecule has 0 N–H and O–H groups in total. The number of hydrogen-bond donors (Lipinski definition) is 0. The van der Waals surface area contributed by atoms with Crippen molar-refractivity contribution in [2.75, 3.05) is 14.2 Å². The van der Waals surface area contributed by atoms with E-state index in [1.165, 1.54) is 71.9 Å². The van der Waals surface area contributed by atoms with E-state index in [0.717, 1.165) is 25.0 Å². The Bertz CT molecular complexity index is 1240. The van der Waals surface area contributed by atoms with Crippen molar-refractivity contribution in [2.24, 2.45) is 0 Å². The van der Waals surface area contributed by atoms with Crippen molar-refractivity contribution in [3.63, 3.8) is 0 Å². The zero-order valence-electron chi connectivity index (χ0n) is 21.8. The van der Waals surface area contributed by atoms with Crippen LogP contribution in [0.15, 0.2) is 77.9 Å². The van der Waals surface area contributed by atoms with Gasteiger partial charge in [0.05, 0.1) is 13.2 Å². The van der Waals surface area contributed by atoms with E-state index in [9.17, 15) is 0 Å². The molecule has 2 heteroatoms. The SMILES string of the molecule is COc1c(-c2ccccc2)cc2c(c1C1C3=C(CCCC3)CC(c3ccccc3)[C@H]1OC)CCCC2. The first-order chi connectivity index (χ1) is 17.8. The Kier molecular flexibility index (Phi) is 6.71. The molecular formula is C34H38O2. The van der Waals surface area contributed by atoms with Crippen molar-refractivity contribution in [3.05, 3.63) is 100 Å². The topological polar surface area (TPSA) is 18.5 Å². The monoisotopic (exact) mass is 478 g/mol. The van der Waals surface area contributed by atoms with Crippen LogP contribution < -0.4 is 4.74 Å². The van der Waals surface area contributed by atoms with Crippen LogP contribution in [0.3, 0.4) is 0 Å². The van der Waals surface area contributed by atoms with Crippen LogP contribution in [-0.4, -0.2) is 20.3 Å². The van der Waals surface area contributed by atoms with E-state index in [-0.39, 0.29) is 12.0 Å². The summed E-state index contributed by atoms with van der Waals surface area (Å²) in [5.41, 5.74) is 11.7. The first-order valence-corrected chi connectivity index (χ1v) is 13.9. The molecule has 0 amide bonds. The average Bonchev–Trinajstić information content (AvgIpc) is 2.96. The molecule has 0 bridgehead atoms. The third kappa shape index (κ3) is 4.10. The first kappa shape index (κ1) is 23.6. The fourth-order valence-corrected chi connectivity index (χ4v) is 7.36. The van der Waals surface area contributed by atoms with E-state index >= 15 is 0 Å². The molecule has 186 valence electrons. The van der Waals surface area contributed by atoms with Gasteiger partial charge in [0.2, 0.25) is 0 Å². The van der Waals surface area contributed by atoms with E-state index in [0.29, 0.717) is 5.92 Å². The summed E-state index contributed by atoms with van der Waals surface area (Å²) in [6, 6.07) is 24.3. The molecule has 2 unspecified atom stereocenters. The molecule has 3 aromatic rings. The molecule has 0 heterocycles. The maximum atomic E-state index is 6.52. The summed E-state index contributed by atoms with van der Waals surface area (Å²) in [5, 5.41) is 0. The molecule has 3 aromatic carbocycles. The second-order valence-corrected chi connectivity index (χ2v) is 10.8. The summed E-state index contributed by atoms with van der Waals surface area (Å²) in [6.45, 7) is 0. The number of fused-ring (bicyclic) bond motifs is 1. The molecule has 3 aliphatic rings. The quantitative estimate of drug-likeness (QED) is 0.343. The minimum absolute atomic E-state index is 0.107. The lowest BCUT2D eigenvalue weighted by molar-refractivity contribution is 0.0550. The van der Waals surface area contributed by atoms with Crippen LogP contribution in [0.25, 0.3) is 11.1 Å². The highest BCUT2D eigenvalue weighted by molar-refractivity contribution is 5.76. The molecule has 0 saturated carbocycles. The predicted octanol–water partition coefficient (Wildman–Crippen LogP) is 8.40. The molecule has 3 aliphatic carbocycles. The molecule has 0 spiro atoms. The van der Waals surface area contributed by atoms with Gasteiger partial charge in [-0.25, -0.2) is 0 Å². The van der Waals surface area contributed by atoms with Gasteiger partial charge in [-0.05, 0) is 86.1 Å².